The number of carbonyl (C=O) groups excluding carboxylic acids is 2. The molecule has 10 heteroatoms. The number of hydrogen-bond acceptors (Lipinski definition) is 7. The number of carbonyl (C=O) groups is 2. The van der Waals surface area contributed by atoms with Crippen molar-refractivity contribution in [1.82, 2.24) is 5.32 Å². The van der Waals surface area contributed by atoms with Gasteiger partial charge in [0.25, 0.3) is 5.09 Å². The van der Waals surface area contributed by atoms with Gasteiger partial charge in [-0.3, -0.25) is 9.59 Å². The van der Waals surface area contributed by atoms with E-state index in [1.54, 1.807) is 0 Å². The normalized spacial score (nSPS) is 13.2. The molecule has 40 heavy (non-hydrogen) atoms. The van der Waals surface area contributed by atoms with E-state index in [4.69, 9.17) is 21.1 Å². The van der Waals surface area contributed by atoms with Gasteiger partial charge in [-0.05, 0) is 69.6 Å². The number of ether oxygens (including phenoxy) is 2. The minimum absolute atomic E-state index is 0.236. The van der Waals surface area contributed by atoms with Crippen LogP contribution in [0.4, 0.5) is 0 Å². The quantitative estimate of drug-likeness (QED) is 0.0606. The Morgan fingerprint density at radius 2 is 1.93 bits per heavy atom. The number of esters is 1. The van der Waals surface area contributed by atoms with Crippen molar-refractivity contribution in [3.05, 3.63) is 63.7 Å². The van der Waals surface area contributed by atoms with Crippen LogP contribution in [0.5, 0.6) is 5.75 Å². The van der Waals surface area contributed by atoms with Crippen LogP contribution in [0, 0.1) is 22.0 Å². The van der Waals surface area contributed by atoms with Gasteiger partial charge in [-0.1, -0.05) is 75.6 Å². The molecule has 1 aromatic rings. The van der Waals surface area contributed by atoms with Gasteiger partial charge < -0.3 is 19.6 Å². The molecule has 0 aromatic heterocycles. The fourth-order valence-electron chi connectivity index (χ4n) is 3.55. The highest BCUT2D eigenvalue weighted by molar-refractivity contribution is 6.30. The lowest BCUT2D eigenvalue weighted by molar-refractivity contribution is -0.759. The number of nitrogens with zero attached hydrogens (tertiary/aromatic N) is 1. The number of benzene rings is 1. The summed E-state index contributed by atoms with van der Waals surface area (Å²) in [6, 6.07) is 7.56. The molecule has 0 aliphatic heterocycles. The fourth-order valence-corrected chi connectivity index (χ4v) is 3.73. The SMILES string of the molecule is C/C=C\CCCC(=O)NCC(=O)OC(C)CO[N+](=O)[O-].CCCC(/C=C/CCOc1cccc(Cl)c1)C(C)CC. The lowest BCUT2D eigenvalue weighted by Crippen LogP contribution is -2.33. The molecule has 0 bridgehead atoms. The number of nitrogens with one attached hydrogen (secondary N) is 1. The van der Waals surface area contributed by atoms with E-state index in [1.165, 1.54) is 26.2 Å². The maximum atomic E-state index is 11.4. The van der Waals surface area contributed by atoms with Crippen molar-refractivity contribution in [2.75, 3.05) is 19.8 Å². The minimum Gasteiger partial charge on any atom is -0.493 e. The Bertz CT molecular complexity index is 908. The van der Waals surface area contributed by atoms with Crippen molar-refractivity contribution in [2.45, 2.75) is 85.7 Å². The molecule has 0 heterocycles. The largest absolute Gasteiger partial charge is 0.493 e. The molecule has 0 spiro atoms. The van der Waals surface area contributed by atoms with E-state index in [1.807, 2.05) is 43.3 Å². The molecule has 0 aliphatic carbocycles. The first-order valence-corrected chi connectivity index (χ1v) is 14.4. The topological polar surface area (TPSA) is 117 Å². The van der Waals surface area contributed by atoms with Crippen molar-refractivity contribution in [2.24, 2.45) is 11.8 Å². The third-order valence-corrected chi connectivity index (χ3v) is 6.15. The molecular weight excluding hydrogens is 536 g/mol. The maximum absolute atomic E-state index is 11.4. The van der Waals surface area contributed by atoms with Crippen LogP contribution < -0.4 is 10.1 Å². The van der Waals surface area contributed by atoms with Gasteiger partial charge in [0.15, 0.2) is 0 Å². The minimum atomic E-state index is -0.961. The molecule has 1 N–H and O–H groups in total. The Kier molecular flexibility index (Phi) is 22.0. The van der Waals surface area contributed by atoms with Crippen molar-refractivity contribution in [3.8, 4) is 5.75 Å². The third-order valence-electron chi connectivity index (χ3n) is 5.92. The summed E-state index contributed by atoms with van der Waals surface area (Å²) in [6.07, 6.45) is 14.3. The maximum Gasteiger partial charge on any atom is 0.325 e. The van der Waals surface area contributed by atoms with Gasteiger partial charge in [-0.15, -0.1) is 10.1 Å². The van der Waals surface area contributed by atoms with Gasteiger partial charge >= 0.3 is 5.97 Å². The number of rotatable bonds is 19. The highest BCUT2D eigenvalue weighted by Crippen LogP contribution is 2.22. The smallest absolute Gasteiger partial charge is 0.325 e. The molecule has 1 aromatic carbocycles. The molecule has 226 valence electrons. The average molecular weight is 583 g/mol. The van der Waals surface area contributed by atoms with E-state index in [2.05, 4.69) is 43.1 Å². The molecule has 1 amide bonds. The number of hydrogen-bond donors (Lipinski definition) is 1. The van der Waals surface area contributed by atoms with Crippen LogP contribution in [-0.4, -0.2) is 42.8 Å². The summed E-state index contributed by atoms with van der Waals surface area (Å²) in [5.74, 6) is 1.42. The monoisotopic (exact) mass is 582 g/mol. The molecule has 9 nitrogen and oxygen atoms in total. The molecule has 3 unspecified atom stereocenters. The van der Waals surface area contributed by atoms with E-state index in [0.29, 0.717) is 25.4 Å². The van der Waals surface area contributed by atoms with Gasteiger partial charge in [0.1, 0.15) is 25.0 Å². The van der Waals surface area contributed by atoms with E-state index in [0.717, 1.165) is 29.5 Å². The first-order valence-electron chi connectivity index (χ1n) is 14.0. The second-order valence-corrected chi connectivity index (χ2v) is 9.86. The van der Waals surface area contributed by atoms with E-state index < -0.39 is 17.2 Å². The second-order valence-electron chi connectivity index (χ2n) is 9.42. The summed E-state index contributed by atoms with van der Waals surface area (Å²) in [4.78, 5) is 36.6. The van der Waals surface area contributed by atoms with E-state index in [9.17, 15) is 19.7 Å². The van der Waals surface area contributed by atoms with Crippen LogP contribution in [0.15, 0.2) is 48.6 Å². The number of halogens is 1. The van der Waals surface area contributed by atoms with Crippen molar-refractivity contribution >= 4 is 23.5 Å². The molecule has 0 saturated heterocycles. The first-order chi connectivity index (χ1) is 19.1. The Morgan fingerprint density at radius 1 is 1.18 bits per heavy atom. The summed E-state index contributed by atoms with van der Waals surface area (Å²) >= 11 is 5.92. The zero-order valence-electron chi connectivity index (χ0n) is 24.6. The molecule has 0 radical (unpaired) electrons. The van der Waals surface area contributed by atoms with Gasteiger partial charge in [0, 0.05) is 11.4 Å². The van der Waals surface area contributed by atoms with E-state index in [-0.39, 0.29) is 19.1 Å². The summed E-state index contributed by atoms with van der Waals surface area (Å²) in [5, 5.41) is 12.1. The zero-order valence-corrected chi connectivity index (χ0v) is 25.4. The standard InChI is InChI=1S/C18H27ClO.C12H20N2O6/c1-4-9-16(15(3)5-2)10-6-7-13-20-18-12-8-11-17(19)14-18;1-3-4-5-6-7-11(15)13-8-12(16)20-10(2)9-19-14(17)18/h6,8,10-12,14-16H,4-5,7,9,13H2,1-3H3;3-4,10H,5-9H2,1-2H3,(H,13,15)/b10-6+;4-3-. The summed E-state index contributed by atoms with van der Waals surface area (Å²) in [6.45, 7) is 10.3. The molecule has 0 saturated carbocycles. The van der Waals surface area contributed by atoms with Crippen LogP contribution in [0.3, 0.4) is 0 Å². The predicted octanol–water partition coefficient (Wildman–Crippen LogP) is 7.12. The number of allylic oxidation sites excluding steroid dienone is 3. The highest BCUT2D eigenvalue weighted by atomic mass is 35.5. The van der Waals surface area contributed by atoms with Gasteiger partial charge in [0.05, 0.1) is 6.61 Å². The molecule has 0 aliphatic rings. The first kappa shape index (κ1) is 36.9. The van der Waals surface area contributed by atoms with Crippen molar-refractivity contribution < 1.29 is 29.0 Å². The lowest BCUT2D eigenvalue weighted by atomic mass is 9.87. The van der Waals surface area contributed by atoms with Crippen LogP contribution >= 0.6 is 11.6 Å². The predicted molar refractivity (Wildman–Crippen MR) is 159 cm³/mol. The third kappa shape index (κ3) is 20.8. The number of amides is 1. The van der Waals surface area contributed by atoms with Crippen LogP contribution in [0.2, 0.25) is 5.02 Å². The number of unbranched alkanes of at least 4 members (excludes halogenated alkanes) is 1. The van der Waals surface area contributed by atoms with Crippen molar-refractivity contribution in [1.29, 1.82) is 0 Å². The zero-order chi connectivity index (χ0) is 30.2. The Labute approximate surface area is 244 Å². The second kappa shape index (κ2) is 23.8. The van der Waals surface area contributed by atoms with Crippen LogP contribution in [0.1, 0.15) is 79.6 Å². The fraction of sp³-hybridized carbons (Fsp3) is 0.600. The van der Waals surface area contributed by atoms with Gasteiger partial charge in [0.2, 0.25) is 5.91 Å². The van der Waals surface area contributed by atoms with Crippen LogP contribution in [-0.2, 0) is 19.2 Å². The summed E-state index contributed by atoms with van der Waals surface area (Å²) < 4.78 is 10.5. The van der Waals surface area contributed by atoms with Crippen LogP contribution in [0.25, 0.3) is 0 Å². The summed E-state index contributed by atoms with van der Waals surface area (Å²) in [7, 11) is 0. The average Bonchev–Trinajstić information content (AvgIpc) is 2.92. The Balaban J connectivity index is 0.000000760. The van der Waals surface area contributed by atoms with Gasteiger partial charge in [-0.25, -0.2) is 0 Å². The Morgan fingerprint density at radius 3 is 2.55 bits per heavy atom. The molecule has 3 atom stereocenters. The van der Waals surface area contributed by atoms with Crippen molar-refractivity contribution in [3.63, 3.8) is 0 Å². The molecule has 0 fully saturated rings. The highest BCUT2D eigenvalue weighted by Gasteiger charge is 2.13. The molecular formula is C30H47ClN2O7. The van der Waals surface area contributed by atoms with E-state index >= 15 is 0 Å². The lowest BCUT2D eigenvalue weighted by Gasteiger charge is -2.18. The summed E-state index contributed by atoms with van der Waals surface area (Å²) in [5.41, 5.74) is 0. The van der Waals surface area contributed by atoms with Gasteiger partial charge in [-0.2, -0.15) is 0 Å². The molecule has 1 rings (SSSR count). The Hall–Kier alpha value is -3.07.